The van der Waals surface area contributed by atoms with Gasteiger partial charge in [0.05, 0.1) is 6.20 Å². The van der Waals surface area contributed by atoms with E-state index >= 15 is 0 Å². The summed E-state index contributed by atoms with van der Waals surface area (Å²) < 4.78 is 1.68. The molecule has 27 heavy (non-hydrogen) atoms. The maximum atomic E-state index is 12.7. The second-order valence-electron chi connectivity index (χ2n) is 6.97. The Balaban J connectivity index is 1.82. The van der Waals surface area contributed by atoms with Gasteiger partial charge in [0.2, 0.25) is 5.91 Å². The highest BCUT2D eigenvalue weighted by molar-refractivity contribution is 5.93. The lowest BCUT2D eigenvalue weighted by molar-refractivity contribution is -0.118. The van der Waals surface area contributed by atoms with Crippen LogP contribution in [0.1, 0.15) is 40.1 Å². The van der Waals surface area contributed by atoms with Gasteiger partial charge in [-0.15, -0.1) is 0 Å². The van der Waals surface area contributed by atoms with Crippen LogP contribution in [-0.4, -0.2) is 27.6 Å². The molecule has 0 bridgehead atoms. The van der Waals surface area contributed by atoms with Crippen molar-refractivity contribution in [3.05, 3.63) is 58.0 Å². The Labute approximate surface area is 159 Å². The summed E-state index contributed by atoms with van der Waals surface area (Å²) in [5.41, 5.74) is 6.95. The number of nitrogens with zero attached hydrogens (tertiary/aromatic N) is 5. The molecule has 1 aromatic carbocycles. The lowest BCUT2D eigenvalue weighted by atomic mass is 10.1. The van der Waals surface area contributed by atoms with Crippen LogP contribution in [0.15, 0.2) is 24.4 Å². The van der Waals surface area contributed by atoms with Crippen LogP contribution in [0.25, 0.3) is 5.65 Å². The van der Waals surface area contributed by atoms with E-state index in [1.807, 2.05) is 46.9 Å². The van der Waals surface area contributed by atoms with Gasteiger partial charge in [-0.25, -0.2) is 9.50 Å². The van der Waals surface area contributed by atoms with Crippen LogP contribution < -0.4 is 4.90 Å². The predicted octanol–water partition coefficient (Wildman–Crippen LogP) is 3.43. The number of benzene rings is 1. The van der Waals surface area contributed by atoms with Crippen molar-refractivity contribution in [2.45, 2.75) is 40.5 Å². The molecule has 1 amide bonds. The first-order valence-corrected chi connectivity index (χ1v) is 8.90. The molecular formula is C21H23N5O. The Morgan fingerprint density at radius 2 is 1.85 bits per heavy atom. The number of carbonyl (C=O) groups excluding carboxylic acids is 1. The van der Waals surface area contributed by atoms with Crippen LogP contribution in [0.4, 0.5) is 5.69 Å². The third-order valence-electron chi connectivity index (χ3n) is 4.89. The second kappa shape index (κ2) is 7.20. The molecule has 0 radical (unpaired) electrons. The third kappa shape index (κ3) is 3.54. The Morgan fingerprint density at radius 3 is 2.48 bits per heavy atom. The molecule has 0 unspecified atom stereocenters. The van der Waals surface area contributed by atoms with Crippen LogP contribution in [0, 0.1) is 39.0 Å². The van der Waals surface area contributed by atoms with E-state index in [-0.39, 0.29) is 5.91 Å². The molecule has 0 saturated heterocycles. The zero-order valence-corrected chi connectivity index (χ0v) is 16.4. The van der Waals surface area contributed by atoms with Gasteiger partial charge in [-0.05, 0) is 62.9 Å². The van der Waals surface area contributed by atoms with Crippen molar-refractivity contribution in [1.29, 1.82) is 5.26 Å². The van der Waals surface area contributed by atoms with Gasteiger partial charge in [0.1, 0.15) is 11.6 Å². The van der Waals surface area contributed by atoms with Gasteiger partial charge in [0.15, 0.2) is 5.65 Å². The van der Waals surface area contributed by atoms with Gasteiger partial charge >= 0.3 is 0 Å². The van der Waals surface area contributed by atoms with E-state index in [9.17, 15) is 4.79 Å². The highest BCUT2D eigenvalue weighted by atomic mass is 16.2. The van der Waals surface area contributed by atoms with Crippen molar-refractivity contribution >= 4 is 17.2 Å². The van der Waals surface area contributed by atoms with E-state index in [1.165, 1.54) is 6.20 Å². The van der Waals surface area contributed by atoms with E-state index in [0.29, 0.717) is 24.1 Å². The van der Waals surface area contributed by atoms with Gasteiger partial charge in [0, 0.05) is 30.5 Å². The second-order valence-corrected chi connectivity index (χ2v) is 6.97. The maximum absolute atomic E-state index is 12.7. The Bertz CT molecular complexity index is 1050. The zero-order valence-electron chi connectivity index (χ0n) is 16.4. The van der Waals surface area contributed by atoms with Crippen molar-refractivity contribution in [3.63, 3.8) is 0 Å². The van der Waals surface area contributed by atoms with Crippen molar-refractivity contribution < 1.29 is 4.79 Å². The summed E-state index contributed by atoms with van der Waals surface area (Å²) in [5.74, 6) is 0.0528. The average molecular weight is 361 g/mol. The normalized spacial score (nSPS) is 10.8. The molecule has 2 aromatic heterocycles. The lowest BCUT2D eigenvalue weighted by Gasteiger charge is -2.19. The zero-order chi connectivity index (χ0) is 19.7. The summed E-state index contributed by atoms with van der Waals surface area (Å²) in [6.45, 7) is 7.92. The largest absolute Gasteiger partial charge is 0.315 e. The number of aryl methyl sites for hydroxylation is 4. The SMILES string of the molecule is Cc1cc(C)cc(N(C)C(=O)CCc2c(C)nc3c(C#N)cnn3c2C)c1. The summed E-state index contributed by atoms with van der Waals surface area (Å²) in [4.78, 5) is 18.9. The van der Waals surface area contributed by atoms with Crippen molar-refractivity contribution in [1.82, 2.24) is 14.6 Å². The number of hydrogen-bond acceptors (Lipinski definition) is 4. The molecule has 0 N–H and O–H groups in total. The number of aromatic nitrogens is 3. The number of nitriles is 1. The number of amides is 1. The molecule has 0 saturated carbocycles. The summed E-state index contributed by atoms with van der Waals surface area (Å²) in [6.07, 6.45) is 2.48. The number of fused-ring (bicyclic) bond motifs is 1. The highest BCUT2D eigenvalue weighted by Gasteiger charge is 2.17. The highest BCUT2D eigenvalue weighted by Crippen LogP contribution is 2.21. The molecular weight excluding hydrogens is 338 g/mol. The van der Waals surface area contributed by atoms with Crippen LogP contribution in [-0.2, 0) is 11.2 Å². The molecule has 138 valence electrons. The lowest BCUT2D eigenvalue weighted by Crippen LogP contribution is -2.26. The monoisotopic (exact) mass is 361 g/mol. The van der Waals surface area contributed by atoms with Crippen LogP contribution in [0.2, 0.25) is 0 Å². The summed E-state index contributed by atoms with van der Waals surface area (Å²) in [5, 5.41) is 13.4. The van der Waals surface area contributed by atoms with E-state index in [0.717, 1.165) is 33.8 Å². The molecule has 0 aliphatic carbocycles. The van der Waals surface area contributed by atoms with Gasteiger partial charge < -0.3 is 4.90 Å². The van der Waals surface area contributed by atoms with Crippen molar-refractivity contribution in [3.8, 4) is 6.07 Å². The molecule has 3 aromatic rings. The Hall–Kier alpha value is -3.20. The van der Waals surface area contributed by atoms with Gasteiger partial charge in [0.25, 0.3) is 0 Å². The smallest absolute Gasteiger partial charge is 0.227 e. The minimum Gasteiger partial charge on any atom is -0.315 e. The van der Waals surface area contributed by atoms with E-state index in [1.54, 1.807) is 9.42 Å². The van der Waals surface area contributed by atoms with Crippen LogP contribution in [0.3, 0.4) is 0 Å². The first-order chi connectivity index (χ1) is 12.8. The Morgan fingerprint density at radius 1 is 1.19 bits per heavy atom. The predicted molar refractivity (Wildman–Crippen MR) is 105 cm³/mol. The molecule has 6 heteroatoms. The van der Waals surface area contributed by atoms with Gasteiger partial charge in [-0.2, -0.15) is 10.4 Å². The van der Waals surface area contributed by atoms with Crippen LogP contribution in [0.5, 0.6) is 0 Å². The minimum absolute atomic E-state index is 0.0528. The fourth-order valence-electron chi connectivity index (χ4n) is 3.44. The van der Waals surface area contributed by atoms with Crippen molar-refractivity contribution in [2.75, 3.05) is 11.9 Å². The van der Waals surface area contributed by atoms with E-state index < -0.39 is 0 Å². The fourth-order valence-corrected chi connectivity index (χ4v) is 3.44. The fraction of sp³-hybridized carbons (Fsp3) is 0.333. The van der Waals surface area contributed by atoms with Crippen LogP contribution >= 0.6 is 0 Å². The molecule has 6 nitrogen and oxygen atoms in total. The number of rotatable bonds is 4. The molecule has 0 spiro atoms. The summed E-state index contributed by atoms with van der Waals surface area (Å²) in [7, 11) is 1.81. The summed E-state index contributed by atoms with van der Waals surface area (Å²) in [6, 6.07) is 8.23. The molecule has 0 aliphatic heterocycles. The topological polar surface area (TPSA) is 74.3 Å². The van der Waals surface area contributed by atoms with Gasteiger partial charge in [-0.1, -0.05) is 6.07 Å². The molecule has 0 aliphatic rings. The van der Waals surface area contributed by atoms with E-state index in [2.05, 4.69) is 22.2 Å². The minimum atomic E-state index is 0.0528. The average Bonchev–Trinajstić information content (AvgIpc) is 3.02. The molecule has 2 heterocycles. The quantitative estimate of drug-likeness (QED) is 0.713. The molecule has 0 atom stereocenters. The first kappa shape index (κ1) is 18.6. The van der Waals surface area contributed by atoms with Gasteiger partial charge in [-0.3, -0.25) is 4.79 Å². The number of hydrogen-bond donors (Lipinski definition) is 0. The number of anilines is 1. The number of carbonyl (C=O) groups is 1. The standard InChI is InChI=1S/C21H23N5O/c1-13-8-14(2)10-18(9-13)25(5)20(27)7-6-19-15(3)24-21-17(11-22)12-23-26(21)16(19)4/h8-10,12H,6-7H2,1-5H3. The maximum Gasteiger partial charge on any atom is 0.227 e. The van der Waals surface area contributed by atoms with E-state index in [4.69, 9.17) is 5.26 Å². The molecule has 3 rings (SSSR count). The summed E-state index contributed by atoms with van der Waals surface area (Å²) >= 11 is 0. The molecule has 0 fully saturated rings. The first-order valence-electron chi connectivity index (χ1n) is 8.90. The van der Waals surface area contributed by atoms with Crippen molar-refractivity contribution in [2.24, 2.45) is 0 Å². The Kier molecular flexibility index (Phi) is 4.95. The third-order valence-corrected chi connectivity index (χ3v) is 4.89.